The fraction of sp³-hybridized carbons (Fsp3) is 0.562. The Hall–Kier alpha value is -1.62. The molecule has 1 aromatic rings. The largest absolute Gasteiger partial charge is 0.372 e. The molecule has 1 aliphatic carbocycles. The maximum atomic E-state index is 13.0. The Balaban J connectivity index is 2.21. The predicted molar refractivity (Wildman–Crippen MR) is 82.6 cm³/mol. The smallest absolute Gasteiger partial charge is 0.239 e. The zero-order valence-corrected chi connectivity index (χ0v) is 12.9. The summed E-state index contributed by atoms with van der Waals surface area (Å²) in [5.41, 5.74) is 5.87. The van der Waals surface area contributed by atoms with Gasteiger partial charge in [-0.25, -0.2) is 4.39 Å². The number of halogens is 1. The van der Waals surface area contributed by atoms with Gasteiger partial charge >= 0.3 is 0 Å². The van der Waals surface area contributed by atoms with Crippen LogP contribution in [-0.2, 0) is 4.79 Å². The van der Waals surface area contributed by atoms with Gasteiger partial charge in [-0.15, -0.1) is 0 Å². The second-order valence-electron chi connectivity index (χ2n) is 6.24. The summed E-state index contributed by atoms with van der Waals surface area (Å²) in [6.45, 7) is 4.51. The molecule has 4 nitrogen and oxygen atoms in total. The van der Waals surface area contributed by atoms with Gasteiger partial charge in [0.1, 0.15) is 11.4 Å². The van der Waals surface area contributed by atoms with Crippen LogP contribution in [0, 0.1) is 11.7 Å². The Morgan fingerprint density at radius 2 is 2.00 bits per heavy atom. The van der Waals surface area contributed by atoms with Gasteiger partial charge in [0, 0.05) is 25.3 Å². The van der Waals surface area contributed by atoms with Crippen molar-refractivity contribution in [1.29, 1.82) is 0 Å². The highest BCUT2D eigenvalue weighted by molar-refractivity contribution is 5.86. The number of benzene rings is 1. The van der Waals surface area contributed by atoms with Crippen LogP contribution in [0.3, 0.4) is 0 Å². The lowest BCUT2D eigenvalue weighted by Crippen LogP contribution is -2.64. The third-order valence-corrected chi connectivity index (χ3v) is 4.01. The zero-order chi connectivity index (χ0) is 15.6. The van der Waals surface area contributed by atoms with Gasteiger partial charge in [-0.2, -0.15) is 0 Å². The van der Waals surface area contributed by atoms with Gasteiger partial charge < -0.3 is 10.6 Å². The number of hydrogen-bond acceptors (Lipinski definition) is 3. The van der Waals surface area contributed by atoms with Gasteiger partial charge in [0.25, 0.3) is 0 Å². The first-order chi connectivity index (χ1) is 9.85. The van der Waals surface area contributed by atoms with Crippen LogP contribution in [0.15, 0.2) is 24.3 Å². The number of nitrogens with zero attached hydrogens (tertiary/aromatic N) is 1. The zero-order valence-electron chi connectivity index (χ0n) is 12.9. The van der Waals surface area contributed by atoms with E-state index in [9.17, 15) is 9.18 Å². The Morgan fingerprint density at radius 3 is 2.43 bits per heavy atom. The Kier molecular flexibility index (Phi) is 4.52. The summed E-state index contributed by atoms with van der Waals surface area (Å²) < 4.78 is 13.0. The maximum Gasteiger partial charge on any atom is 0.239 e. The molecule has 0 radical (unpaired) electrons. The molecule has 0 bridgehead atoms. The van der Waals surface area contributed by atoms with Crippen molar-refractivity contribution in [3.63, 3.8) is 0 Å². The van der Waals surface area contributed by atoms with Gasteiger partial charge in [-0.3, -0.25) is 10.1 Å². The summed E-state index contributed by atoms with van der Waals surface area (Å²) in [5.74, 6) is -0.302. The van der Waals surface area contributed by atoms with Crippen LogP contribution in [0.25, 0.3) is 0 Å². The van der Waals surface area contributed by atoms with Crippen molar-refractivity contribution in [1.82, 2.24) is 5.32 Å². The van der Waals surface area contributed by atoms with Gasteiger partial charge in [0.05, 0.1) is 0 Å². The number of carbonyl (C=O) groups excluding carboxylic acids is 1. The molecule has 116 valence electrons. The fourth-order valence-corrected chi connectivity index (χ4v) is 2.90. The van der Waals surface area contributed by atoms with Crippen LogP contribution >= 0.6 is 0 Å². The average Bonchev–Trinajstić information content (AvgIpc) is 3.22. The molecule has 1 aliphatic rings. The number of likely N-dealkylation sites (N-methyl/N-ethyl adjacent to an activating group) is 1. The Bertz CT molecular complexity index is 499. The van der Waals surface area contributed by atoms with Gasteiger partial charge in [0.2, 0.25) is 5.91 Å². The van der Waals surface area contributed by atoms with Crippen molar-refractivity contribution in [2.45, 2.75) is 38.3 Å². The quantitative estimate of drug-likeness (QED) is 0.807. The topological polar surface area (TPSA) is 58.4 Å². The van der Waals surface area contributed by atoms with E-state index in [1.165, 1.54) is 12.1 Å². The first-order valence-corrected chi connectivity index (χ1v) is 7.39. The monoisotopic (exact) mass is 293 g/mol. The van der Waals surface area contributed by atoms with Crippen LogP contribution in [0.2, 0.25) is 0 Å². The van der Waals surface area contributed by atoms with Crippen molar-refractivity contribution in [3.05, 3.63) is 30.1 Å². The molecule has 1 atom stereocenters. The molecule has 1 unspecified atom stereocenters. The van der Waals surface area contributed by atoms with E-state index in [0.717, 1.165) is 18.5 Å². The van der Waals surface area contributed by atoms with Gasteiger partial charge in [0.15, 0.2) is 0 Å². The second kappa shape index (κ2) is 6.02. The normalized spacial score (nSPS) is 17.6. The van der Waals surface area contributed by atoms with E-state index in [0.29, 0.717) is 6.54 Å². The Labute approximate surface area is 125 Å². The van der Waals surface area contributed by atoms with E-state index in [1.54, 1.807) is 12.1 Å². The molecule has 2 rings (SSSR count). The minimum Gasteiger partial charge on any atom is -0.372 e. The summed E-state index contributed by atoms with van der Waals surface area (Å²) in [6.07, 6.45) is 2.03. The lowest BCUT2D eigenvalue weighted by molar-refractivity contribution is -0.125. The summed E-state index contributed by atoms with van der Waals surface area (Å²) in [4.78, 5) is 14.1. The molecule has 21 heavy (non-hydrogen) atoms. The number of anilines is 1. The fourth-order valence-electron chi connectivity index (χ4n) is 2.90. The molecule has 1 fully saturated rings. The first-order valence-electron chi connectivity index (χ1n) is 7.39. The molecule has 3 N–H and O–H groups in total. The lowest BCUT2D eigenvalue weighted by Gasteiger charge is -2.38. The molecule has 1 saturated carbocycles. The van der Waals surface area contributed by atoms with E-state index in [4.69, 9.17) is 5.73 Å². The molecule has 0 aliphatic heterocycles. The van der Waals surface area contributed by atoms with Crippen LogP contribution in [0.1, 0.15) is 26.7 Å². The number of nitrogens with two attached hydrogens (primary N) is 1. The summed E-state index contributed by atoms with van der Waals surface area (Å²) in [6, 6.07) is 6.43. The van der Waals surface area contributed by atoms with Crippen molar-refractivity contribution >= 4 is 11.6 Å². The SMILES string of the molecule is CC(C)NC(CN(C)c1ccc(F)cc1)(C(N)=O)C1CC1. The first kappa shape index (κ1) is 15.8. The minimum absolute atomic E-state index is 0.166. The van der Waals surface area contributed by atoms with Crippen molar-refractivity contribution in [3.8, 4) is 0 Å². The number of nitrogens with one attached hydrogen (secondary N) is 1. The van der Waals surface area contributed by atoms with Crippen molar-refractivity contribution in [2.75, 3.05) is 18.5 Å². The predicted octanol–water partition coefficient (Wildman–Crippen LogP) is 1.89. The highest BCUT2D eigenvalue weighted by atomic mass is 19.1. The molecule has 0 heterocycles. The third-order valence-electron chi connectivity index (χ3n) is 4.01. The van der Waals surface area contributed by atoms with Crippen LogP contribution in [0.4, 0.5) is 10.1 Å². The average molecular weight is 293 g/mol. The molecule has 5 heteroatoms. The van der Waals surface area contributed by atoms with Crippen molar-refractivity contribution < 1.29 is 9.18 Å². The number of hydrogen-bond donors (Lipinski definition) is 2. The van der Waals surface area contributed by atoms with Gasteiger partial charge in [-0.1, -0.05) is 0 Å². The van der Waals surface area contributed by atoms with E-state index >= 15 is 0 Å². The number of primary amides is 1. The highest BCUT2D eigenvalue weighted by Gasteiger charge is 2.50. The summed E-state index contributed by atoms with van der Waals surface area (Å²) >= 11 is 0. The third kappa shape index (κ3) is 3.53. The number of amides is 1. The summed E-state index contributed by atoms with van der Waals surface area (Å²) in [5, 5.41) is 3.38. The number of rotatable bonds is 7. The molecular formula is C16H24FN3O. The van der Waals surface area contributed by atoms with Crippen LogP contribution in [-0.4, -0.2) is 31.1 Å². The van der Waals surface area contributed by atoms with Crippen molar-refractivity contribution in [2.24, 2.45) is 11.7 Å². The van der Waals surface area contributed by atoms with E-state index in [1.807, 2.05) is 25.8 Å². The minimum atomic E-state index is -0.725. The Morgan fingerprint density at radius 1 is 1.43 bits per heavy atom. The van der Waals surface area contributed by atoms with E-state index < -0.39 is 5.54 Å². The molecule has 1 aromatic carbocycles. The molecule has 0 spiro atoms. The molecule has 1 amide bonds. The summed E-state index contributed by atoms with van der Waals surface area (Å²) in [7, 11) is 1.90. The highest BCUT2D eigenvalue weighted by Crippen LogP contribution is 2.40. The second-order valence-corrected chi connectivity index (χ2v) is 6.24. The van der Waals surface area contributed by atoms with Crippen LogP contribution < -0.4 is 16.0 Å². The standard InChI is InChI=1S/C16H24FN3O/c1-11(2)19-16(15(18)21,12-4-5-12)10-20(3)14-8-6-13(17)7-9-14/h6-9,11-12,19H,4-5,10H2,1-3H3,(H2,18,21). The maximum absolute atomic E-state index is 13.0. The van der Waals surface area contributed by atoms with Crippen LogP contribution in [0.5, 0.6) is 0 Å². The molecular weight excluding hydrogens is 269 g/mol. The van der Waals surface area contributed by atoms with Gasteiger partial charge in [-0.05, 0) is 56.9 Å². The lowest BCUT2D eigenvalue weighted by atomic mass is 9.90. The van der Waals surface area contributed by atoms with E-state index in [2.05, 4.69) is 5.32 Å². The number of carbonyl (C=O) groups is 1. The molecule has 0 aromatic heterocycles. The van der Waals surface area contributed by atoms with E-state index in [-0.39, 0.29) is 23.7 Å². The molecule has 0 saturated heterocycles.